The van der Waals surface area contributed by atoms with Crippen molar-refractivity contribution in [3.8, 4) is 6.07 Å². The summed E-state index contributed by atoms with van der Waals surface area (Å²) in [7, 11) is 0. The Balaban J connectivity index is 2.06. The first-order valence-corrected chi connectivity index (χ1v) is 5.81. The predicted molar refractivity (Wildman–Crippen MR) is 70.9 cm³/mol. The second kappa shape index (κ2) is 4.43. The third-order valence-electron chi connectivity index (χ3n) is 2.93. The molecule has 0 unspecified atom stereocenters. The number of fused-ring (bicyclic) bond motifs is 1. The number of hydrogen-bond donors (Lipinski definition) is 0. The molecule has 0 saturated heterocycles. The SMILES string of the molecule is N#Cc1cccc(/C=C2\OC(=O)c3ccccc32)c1. The smallest absolute Gasteiger partial charge is 0.344 e. The number of carbonyl (C=O) groups excluding carboxylic acids is 1. The molecule has 1 aliphatic rings. The van der Waals surface area contributed by atoms with E-state index in [1.807, 2.05) is 18.2 Å². The minimum absolute atomic E-state index is 0.335. The van der Waals surface area contributed by atoms with Crippen molar-refractivity contribution < 1.29 is 9.53 Å². The van der Waals surface area contributed by atoms with Crippen molar-refractivity contribution in [3.05, 3.63) is 70.8 Å². The second-order valence-electron chi connectivity index (χ2n) is 4.18. The lowest BCUT2D eigenvalue weighted by molar-refractivity contribution is 0.0717. The Kier molecular flexibility index (Phi) is 2.62. The molecule has 0 aromatic heterocycles. The Labute approximate surface area is 110 Å². The van der Waals surface area contributed by atoms with E-state index in [9.17, 15) is 4.79 Å². The Morgan fingerprint density at radius 3 is 2.63 bits per heavy atom. The summed E-state index contributed by atoms with van der Waals surface area (Å²) in [6.45, 7) is 0. The Morgan fingerprint density at radius 2 is 1.84 bits per heavy atom. The molecule has 0 aliphatic carbocycles. The average molecular weight is 247 g/mol. The van der Waals surface area contributed by atoms with Gasteiger partial charge in [0, 0.05) is 5.56 Å². The summed E-state index contributed by atoms with van der Waals surface area (Å²) in [5, 5.41) is 8.87. The molecule has 0 spiro atoms. The van der Waals surface area contributed by atoms with E-state index in [-0.39, 0.29) is 5.97 Å². The van der Waals surface area contributed by atoms with Crippen LogP contribution in [0, 0.1) is 11.3 Å². The monoisotopic (exact) mass is 247 g/mol. The highest BCUT2D eigenvalue weighted by molar-refractivity contribution is 6.05. The molecule has 3 nitrogen and oxygen atoms in total. The molecule has 0 bridgehead atoms. The molecule has 90 valence electrons. The molecule has 3 heteroatoms. The van der Waals surface area contributed by atoms with Crippen LogP contribution < -0.4 is 0 Å². The third-order valence-corrected chi connectivity index (χ3v) is 2.93. The predicted octanol–water partition coefficient (Wildman–Crippen LogP) is 3.23. The van der Waals surface area contributed by atoms with Crippen LogP contribution in [0.15, 0.2) is 48.5 Å². The normalized spacial score (nSPS) is 14.9. The summed E-state index contributed by atoms with van der Waals surface area (Å²) in [6, 6.07) is 16.5. The summed E-state index contributed by atoms with van der Waals surface area (Å²) in [6.07, 6.45) is 1.77. The van der Waals surface area contributed by atoms with Crippen LogP contribution >= 0.6 is 0 Å². The van der Waals surface area contributed by atoms with Gasteiger partial charge in [-0.15, -0.1) is 0 Å². The zero-order valence-electron chi connectivity index (χ0n) is 9.96. The lowest BCUT2D eigenvalue weighted by Crippen LogP contribution is -1.92. The van der Waals surface area contributed by atoms with Crippen LogP contribution in [0.2, 0.25) is 0 Å². The number of hydrogen-bond acceptors (Lipinski definition) is 3. The number of esters is 1. The zero-order valence-corrected chi connectivity index (χ0v) is 9.96. The van der Waals surface area contributed by atoms with Crippen molar-refractivity contribution in [1.29, 1.82) is 5.26 Å². The van der Waals surface area contributed by atoms with Crippen LogP contribution in [-0.4, -0.2) is 5.97 Å². The van der Waals surface area contributed by atoms with Crippen LogP contribution in [-0.2, 0) is 4.74 Å². The maximum Gasteiger partial charge on any atom is 0.344 e. The van der Waals surface area contributed by atoms with Crippen molar-refractivity contribution in [1.82, 2.24) is 0 Å². The zero-order chi connectivity index (χ0) is 13.2. The van der Waals surface area contributed by atoms with Gasteiger partial charge in [-0.3, -0.25) is 0 Å². The van der Waals surface area contributed by atoms with Crippen LogP contribution in [0.3, 0.4) is 0 Å². The lowest BCUT2D eigenvalue weighted by atomic mass is 10.1. The molecular formula is C16H9NO2. The molecule has 0 amide bonds. The lowest BCUT2D eigenvalue weighted by Gasteiger charge is -1.99. The first kappa shape index (κ1) is 11.2. The highest BCUT2D eigenvalue weighted by atomic mass is 16.5. The molecule has 0 atom stereocenters. The summed E-state index contributed by atoms with van der Waals surface area (Å²) in [4.78, 5) is 11.7. The largest absolute Gasteiger partial charge is 0.422 e. The molecule has 0 fully saturated rings. The molecule has 0 radical (unpaired) electrons. The molecule has 1 aliphatic heterocycles. The Hall–Kier alpha value is -2.86. The van der Waals surface area contributed by atoms with Crippen LogP contribution in [0.1, 0.15) is 27.0 Å². The van der Waals surface area contributed by atoms with E-state index < -0.39 is 0 Å². The summed E-state index contributed by atoms with van der Waals surface area (Å²) in [5.74, 6) is 0.189. The maximum absolute atomic E-state index is 11.7. The van der Waals surface area contributed by atoms with E-state index in [1.54, 1.807) is 36.4 Å². The number of cyclic esters (lactones) is 1. The van der Waals surface area contributed by atoms with E-state index >= 15 is 0 Å². The maximum atomic E-state index is 11.7. The summed E-state index contributed by atoms with van der Waals surface area (Å²) in [5.41, 5.74) is 2.77. The Bertz CT molecular complexity index is 738. The average Bonchev–Trinajstić information content (AvgIpc) is 2.76. The number of nitriles is 1. The first-order chi connectivity index (χ1) is 9.28. The number of nitrogens with zero attached hydrogens (tertiary/aromatic N) is 1. The summed E-state index contributed by atoms with van der Waals surface area (Å²) < 4.78 is 5.25. The fourth-order valence-electron chi connectivity index (χ4n) is 2.04. The first-order valence-electron chi connectivity index (χ1n) is 5.81. The van der Waals surface area contributed by atoms with E-state index in [4.69, 9.17) is 10.00 Å². The van der Waals surface area contributed by atoms with E-state index in [0.29, 0.717) is 16.9 Å². The van der Waals surface area contributed by atoms with Gasteiger partial charge in [0.2, 0.25) is 0 Å². The van der Waals surface area contributed by atoms with E-state index in [2.05, 4.69) is 6.07 Å². The van der Waals surface area contributed by atoms with Crippen LogP contribution in [0.4, 0.5) is 0 Å². The standard InChI is InChI=1S/C16H9NO2/c17-10-12-5-3-4-11(8-12)9-15-13-6-1-2-7-14(13)16(18)19-15/h1-9H/b15-9-. The van der Waals surface area contributed by atoms with Gasteiger partial charge in [0.15, 0.2) is 0 Å². The van der Waals surface area contributed by atoms with Gasteiger partial charge < -0.3 is 4.74 Å². The molecule has 3 rings (SSSR count). The number of carbonyl (C=O) groups is 1. The summed E-state index contributed by atoms with van der Waals surface area (Å²) >= 11 is 0. The van der Waals surface area contributed by atoms with Gasteiger partial charge in [-0.2, -0.15) is 5.26 Å². The van der Waals surface area contributed by atoms with Crippen LogP contribution in [0.25, 0.3) is 11.8 Å². The molecule has 1 heterocycles. The van der Waals surface area contributed by atoms with Crippen molar-refractivity contribution in [2.75, 3.05) is 0 Å². The van der Waals surface area contributed by atoms with E-state index in [1.165, 1.54) is 0 Å². The second-order valence-corrected chi connectivity index (χ2v) is 4.18. The fourth-order valence-corrected chi connectivity index (χ4v) is 2.04. The highest BCUT2D eigenvalue weighted by Gasteiger charge is 2.25. The number of benzene rings is 2. The van der Waals surface area contributed by atoms with Gasteiger partial charge >= 0.3 is 5.97 Å². The Morgan fingerprint density at radius 1 is 1.05 bits per heavy atom. The highest BCUT2D eigenvalue weighted by Crippen LogP contribution is 2.30. The van der Waals surface area contributed by atoms with Crippen molar-refractivity contribution in [2.24, 2.45) is 0 Å². The van der Waals surface area contributed by atoms with Gasteiger partial charge in [-0.1, -0.05) is 30.3 Å². The minimum Gasteiger partial charge on any atom is -0.422 e. The van der Waals surface area contributed by atoms with Crippen molar-refractivity contribution >= 4 is 17.8 Å². The van der Waals surface area contributed by atoms with Gasteiger partial charge in [0.1, 0.15) is 5.76 Å². The van der Waals surface area contributed by atoms with Crippen LogP contribution in [0.5, 0.6) is 0 Å². The van der Waals surface area contributed by atoms with Crippen molar-refractivity contribution in [3.63, 3.8) is 0 Å². The minimum atomic E-state index is -0.335. The van der Waals surface area contributed by atoms with Gasteiger partial charge in [-0.25, -0.2) is 4.79 Å². The van der Waals surface area contributed by atoms with Crippen molar-refractivity contribution in [2.45, 2.75) is 0 Å². The molecular weight excluding hydrogens is 238 g/mol. The molecule has 19 heavy (non-hydrogen) atoms. The number of ether oxygens (including phenoxy) is 1. The quantitative estimate of drug-likeness (QED) is 0.727. The molecule has 0 N–H and O–H groups in total. The molecule has 2 aromatic rings. The van der Waals surface area contributed by atoms with Gasteiger partial charge in [-0.05, 0) is 29.8 Å². The topological polar surface area (TPSA) is 50.1 Å². The molecule has 0 saturated carbocycles. The van der Waals surface area contributed by atoms with Gasteiger partial charge in [0.25, 0.3) is 0 Å². The third kappa shape index (κ3) is 2.00. The van der Waals surface area contributed by atoms with Gasteiger partial charge in [0.05, 0.1) is 17.2 Å². The van der Waals surface area contributed by atoms with E-state index in [0.717, 1.165) is 11.1 Å². The molecule has 2 aromatic carbocycles. The number of rotatable bonds is 1. The fraction of sp³-hybridized carbons (Fsp3) is 0.